The third-order valence-corrected chi connectivity index (χ3v) is 3.02. The Morgan fingerprint density at radius 3 is 2.23 bits per heavy atom. The minimum absolute atomic E-state index is 0.0383. The molecule has 148 valence electrons. The number of imide groups is 1. The number of carbonyl (C=O) groups excluding carboxylic acids is 4. The summed E-state index contributed by atoms with van der Waals surface area (Å²) in [5, 5.41) is 3.07. The first kappa shape index (κ1) is 22.0. The van der Waals surface area contributed by atoms with E-state index in [4.69, 9.17) is 18.9 Å². The van der Waals surface area contributed by atoms with Crippen molar-refractivity contribution in [3.63, 3.8) is 0 Å². The van der Waals surface area contributed by atoms with E-state index in [2.05, 4.69) is 10.2 Å². The second kappa shape index (κ2) is 13.2. The van der Waals surface area contributed by atoms with E-state index in [-0.39, 0.29) is 45.2 Å². The largest absolute Gasteiger partial charge is 0.382 e. The Balaban J connectivity index is 1.91. The van der Waals surface area contributed by atoms with E-state index in [9.17, 15) is 19.2 Å². The van der Waals surface area contributed by atoms with Crippen LogP contribution in [-0.4, -0.2) is 88.7 Å². The van der Waals surface area contributed by atoms with Gasteiger partial charge in [0.2, 0.25) is 5.91 Å². The number of carbonyl (C=O) groups is 4. The molecule has 0 spiro atoms. The van der Waals surface area contributed by atoms with Crippen LogP contribution < -0.4 is 5.32 Å². The second-order valence-electron chi connectivity index (χ2n) is 5.11. The summed E-state index contributed by atoms with van der Waals surface area (Å²) in [5.74, 6) is -2.18. The van der Waals surface area contributed by atoms with Gasteiger partial charge in [0.05, 0.1) is 33.0 Å². The van der Waals surface area contributed by atoms with E-state index in [1.54, 1.807) is 7.11 Å². The van der Waals surface area contributed by atoms with E-state index in [1.165, 1.54) is 0 Å². The van der Waals surface area contributed by atoms with Crippen LogP contribution in [-0.2, 0) is 43.0 Å². The highest BCUT2D eigenvalue weighted by Gasteiger charge is 2.32. The van der Waals surface area contributed by atoms with Crippen molar-refractivity contribution in [3.05, 3.63) is 0 Å². The summed E-state index contributed by atoms with van der Waals surface area (Å²) in [6.45, 7) is 1.23. The number of nitrogens with zero attached hydrogens (tertiary/aromatic N) is 1. The molecule has 0 atom stereocenters. The quantitative estimate of drug-likeness (QED) is 0.281. The van der Waals surface area contributed by atoms with Gasteiger partial charge in [-0.3, -0.25) is 14.4 Å². The topological polar surface area (TPSA) is 130 Å². The molecule has 1 aliphatic rings. The fourth-order valence-electron chi connectivity index (χ4n) is 1.78. The average Bonchev–Trinajstić information content (AvgIpc) is 2.93. The molecule has 0 unspecified atom stereocenters. The van der Waals surface area contributed by atoms with Crippen molar-refractivity contribution in [1.82, 2.24) is 10.4 Å². The molecule has 1 N–H and O–H groups in total. The van der Waals surface area contributed by atoms with Gasteiger partial charge in [0, 0.05) is 26.5 Å². The second-order valence-corrected chi connectivity index (χ2v) is 5.11. The Labute approximate surface area is 150 Å². The van der Waals surface area contributed by atoms with Crippen LogP contribution in [0.15, 0.2) is 0 Å². The monoisotopic (exact) mass is 376 g/mol. The Bertz CT molecular complexity index is 468. The third kappa shape index (κ3) is 9.42. The van der Waals surface area contributed by atoms with Crippen LogP contribution in [0.5, 0.6) is 0 Å². The molecule has 0 radical (unpaired) electrons. The van der Waals surface area contributed by atoms with Gasteiger partial charge in [-0.15, -0.1) is 5.06 Å². The maximum absolute atomic E-state index is 11.4. The average molecular weight is 376 g/mol. The molecular formula is C15H24N2O9. The van der Waals surface area contributed by atoms with Crippen LogP contribution in [0.25, 0.3) is 0 Å². The highest BCUT2D eigenvalue weighted by molar-refractivity contribution is 6.01. The predicted molar refractivity (Wildman–Crippen MR) is 84.5 cm³/mol. The first-order valence-electron chi connectivity index (χ1n) is 8.10. The molecule has 0 bridgehead atoms. The number of methoxy groups -OCH3 is 1. The summed E-state index contributed by atoms with van der Waals surface area (Å²) < 4.78 is 20.0. The highest BCUT2D eigenvalue weighted by atomic mass is 16.7. The Morgan fingerprint density at radius 2 is 1.54 bits per heavy atom. The molecule has 11 heteroatoms. The Hall–Kier alpha value is -2.08. The van der Waals surface area contributed by atoms with Crippen molar-refractivity contribution in [2.45, 2.75) is 12.8 Å². The van der Waals surface area contributed by atoms with Crippen molar-refractivity contribution in [1.29, 1.82) is 0 Å². The molecule has 0 aromatic rings. The maximum atomic E-state index is 11.4. The summed E-state index contributed by atoms with van der Waals surface area (Å²) in [5.41, 5.74) is 0. The Morgan fingerprint density at radius 1 is 0.923 bits per heavy atom. The number of rotatable bonds is 14. The van der Waals surface area contributed by atoms with Crippen molar-refractivity contribution in [2.75, 3.05) is 59.9 Å². The van der Waals surface area contributed by atoms with Gasteiger partial charge in [-0.25, -0.2) is 4.79 Å². The van der Waals surface area contributed by atoms with Crippen LogP contribution in [0.4, 0.5) is 0 Å². The Kier molecular flexibility index (Phi) is 11.1. The molecule has 1 fully saturated rings. The number of hydrogen-bond acceptors (Lipinski definition) is 9. The van der Waals surface area contributed by atoms with Gasteiger partial charge < -0.3 is 29.1 Å². The molecule has 1 aliphatic heterocycles. The van der Waals surface area contributed by atoms with Crippen molar-refractivity contribution in [2.24, 2.45) is 0 Å². The van der Waals surface area contributed by atoms with Gasteiger partial charge in [-0.05, 0) is 0 Å². The molecule has 26 heavy (non-hydrogen) atoms. The normalized spacial score (nSPS) is 14.0. The zero-order chi connectivity index (χ0) is 19.2. The van der Waals surface area contributed by atoms with Crippen LogP contribution in [0, 0.1) is 0 Å². The SMILES string of the molecule is COCCOCC(=O)NCCOCCOCC(=O)ON1C(=O)CCC1=O. The molecule has 3 amide bonds. The van der Waals surface area contributed by atoms with Crippen molar-refractivity contribution >= 4 is 23.7 Å². The van der Waals surface area contributed by atoms with E-state index >= 15 is 0 Å². The minimum atomic E-state index is -0.839. The predicted octanol–water partition coefficient (Wildman–Crippen LogP) is -1.59. The van der Waals surface area contributed by atoms with Crippen LogP contribution in [0.1, 0.15) is 12.8 Å². The van der Waals surface area contributed by atoms with Gasteiger partial charge in [-0.2, -0.15) is 0 Å². The summed E-state index contributed by atoms with van der Waals surface area (Å²) in [7, 11) is 1.54. The van der Waals surface area contributed by atoms with Crippen molar-refractivity contribution in [3.8, 4) is 0 Å². The third-order valence-electron chi connectivity index (χ3n) is 3.02. The van der Waals surface area contributed by atoms with Gasteiger partial charge in [-0.1, -0.05) is 0 Å². The zero-order valence-electron chi connectivity index (χ0n) is 14.7. The fourth-order valence-corrected chi connectivity index (χ4v) is 1.78. The van der Waals surface area contributed by atoms with Crippen LogP contribution >= 0.6 is 0 Å². The molecule has 0 saturated carbocycles. The number of nitrogens with one attached hydrogen (secondary N) is 1. The summed E-state index contributed by atoms with van der Waals surface area (Å²) in [4.78, 5) is 49.9. The molecule has 0 aromatic heterocycles. The van der Waals surface area contributed by atoms with Gasteiger partial charge in [0.15, 0.2) is 0 Å². The lowest BCUT2D eigenvalue weighted by Gasteiger charge is -2.12. The number of amides is 3. The van der Waals surface area contributed by atoms with Crippen LogP contribution in [0.2, 0.25) is 0 Å². The first-order chi connectivity index (χ1) is 12.5. The minimum Gasteiger partial charge on any atom is -0.382 e. The standard InChI is InChI=1S/C15H24N2O9/c1-22-6-7-24-10-12(18)16-4-5-23-8-9-25-11-15(21)26-17-13(19)2-3-14(17)20/h2-11H2,1H3,(H,16,18). The molecule has 0 aromatic carbocycles. The number of hydroxylamine groups is 2. The van der Waals surface area contributed by atoms with Gasteiger partial charge in [0.25, 0.3) is 11.8 Å². The molecule has 1 rings (SSSR count). The molecule has 0 aliphatic carbocycles. The van der Waals surface area contributed by atoms with E-state index in [1.807, 2.05) is 0 Å². The summed E-state index contributed by atoms with van der Waals surface area (Å²) in [6, 6.07) is 0. The summed E-state index contributed by atoms with van der Waals surface area (Å²) >= 11 is 0. The smallest absolute Gasteiger partial charge is 0.358 e. The molecular weight excluding hydrogens is 352 g/mol. The van der Waals surface area contributed by atoms with Gasteiger partial charge in [0.1, 0.15) is 13.2 Å². The lowest BCUT2D eigenvalue weighted by Crippen LogP contribution is -2.33. The van der Waals surface area contributed by atoms with Crippen molar-refractivity contribution < 1.29 is 43.0 Å². The van der Waals surface area contributed by atoms with E-state index in [0.29, 0.717) is 24.8 Å². The molecule has 1 saturated heterocycles. The lowest BCUT2D eigenvalue weighted by molar-refractivity contribution is -0.200. The maximum Gasteiger partial charge on any atom is 0.358 e. The fraction of sp³-hybridized carbons (Fsp3) is 0.733. The molecule has 11 nitrogen and oxygen atoms in total. The highest BCUT2D eigenvalue weighted by Crippen LogP contribution is 2.11. The number of ether oxygens (including phenoxy) is 4. The zero-order valence-corrected chi connectivity index (χ0v) is 14.7. The first-order valence-corrected chi connectivity index (χ1v) is 8.10. The molecule has 1 heterocycles. The van der Waals surface area contributed by atoms with E-state index < -0.39 is 24.4 Å². The van der Waals surface area contributed by atoms with Crippen LogP contribution in [0.3, 0.4) is 0 Å². The lowest BCUT2D eigenvalue weighted by atomic mass is 10.4. The number of hydrogen-bond donors (Lipinski definition) is 1. The summed E-state index contributed by atoms with van der Waals surface area (Å²) in [6.07, 6.45) is 0.0766. The van der Waals surface area contributed by atoms with Gasteiger partial charge >= 0.3 is 5.97 Å². The van der Waals surface area contributed by atoms with E-state index in [0.717, 1.165) is 0 Å².